The first-order valence-corrected chi connectivity index (χ1v) is 15.1. The fourth-order valence-corrected chi connectivity index (χ4v) is 4.95. The van der Waals surface area contributed by atoms with Crippen molar-refractivity contribution in [1.82, 2.24) is 20.5 Å². The zero-order chi connectivity index (χ0) is 34.6. The molecule has 250 valence electrons. The molecule has 0 unspecified atom stereocenters. The number of benzene rings is 3. The number of nitrogens with two attached hydrogens (primary N) is 1. The molecule has 0 spiro atoms. The third-order valence-electron chi connectivity index (χ3n) is 7.52. The van der Waals surface area contributed by atoms with Gasteiger partial charge in [-0.2, -0.15) is 0 Å². The zero-order valence-corrected chi connectivity index (χ0v) is 25.9. The summed E-state index contributed by atoms with van der Waals surface area (Å²) in [6, 6.07) is 19.8. The van der Waals surface area contributed by atoms with Gasteiger partial charge in [-0.05, 0) is 28.8 Å². The normalized spacial score (nSPS) is 13.4. The van der Waals surface area contributed by atoms with Crippen molar-refractivity contribution in [3.63, 3.8) is 0 Å². The summed E-state index contributed by atoms with van der Waals surface area (Å²) in [6.45, 7) is -0.115. The van der Waals surface area contributed by atoms with Crippen molar-refractivity contribution in [1.29, 1.82) is 0 Å². The molecule has 0 aliphatic rings. The summed E-state index contributed by atoms with van der Waals surface area (Å²) in [7, 11) is 0. The van der Waals surface area contributed by atoms with Gasteiger partial charge in [-0.1, -0.05) is 72.8 Å². The van der Waals surface area contributed by atoms with Gasteiger partial charge in [0.05, 0.1) is 0 Å². The lowest BCUT2D eigenvalue weighted by Crippen LogP contribution is -2.58. The van der Waals surface area contributed by atoms with Crippen LogP contribution in [0.3, 0.4) is 0 Å². The van der Waals surface area contributed by atoms with Crippen molar-refractivity contribution in [2.24, 2.45) is 5.73 Å². The van der Waals surface area contributed by atoms with E-state index in [0.29, 0.717) is 16.7 Å². The Kier molecular flexibility index (Phi) is 12.0. The Labute approximate surface area is 276 Å². The van der Waals surface area contributed by atoms with Gasteiger partial charge in [-0.3, -0.25) is 19.2 Å². The predicted octanol–water partition coefficient (Wildman–Crippen LogP) is 0.854. The molecule has 0 bridgehead atoms. The van der Waals surface area contributed by atoms with Gasteiger partial charge in [0.2, 0.25) is 23.2 Å². The minimum atomic E-state index is -1.34. The number of nitrogens with one attached hydrogen (secondary N) is 3. The molecule has 13 nitrogen and oxygen atoms in total. The molecular weight excluding hydrogens is 618 g/mol. The van der Waals surface area contributed by atoms with E-state index < -0.39 is 59.0 Å². The predicted molar refractivity (Wildman–Crippen MR) is 176 cm³/mol. The molecule has 3 amide bonds. The van der Waals surface area contributed by atoms with Gasteiger partial charge >= 0.3 is 5.97 Å². The maximum Gasteiger partial charge on any atom is 0.326 e. The lowest BCUT2D eigenvalue weighted by atomic mass is 10.0. The van der Waals surface area contributed by atoms with Gasteiger partial charge in [-0.25, -0.2) is 4.79 Å². The number of pyridine rings is 1. The van der Waals surface area contributed by atoms with Crippen LogP contribution in [-0.2, 0) is 45.0 Å². The summed E-state index contributed by atoms with van der Waals surface area (Å²) < 4.78 is 1.37. The molecule has 1 heterocycles. The minimum Gasteiger partial charge on any atom is -0.508 e. The zero-order valence-electron chi connectivity index (χ0n) is 25.9. The molecule has 4 rings (SSSR count). The number of hydrogen-bond acceptors (Lipinski definition) is 8. The van der Waals surface area contributed by atoms with Gasteiger partial charge in [0, 0.05) is 44.3 Å². The highest BCUT2D eigenvalue weighted by Crippen LogP contribution is 2.13. The summed E-state index contributed by atoms with van der Waals surface area (Å²) in [6.07, 6.45) is 2.49. The average Bonchev–Trinajstić information content (AvgIpc) is 3.07. The highest BCUT2D eigenvalue weighted by molar-refractivity contribution is 5.94. The standard InChI is InChI=1S/C35H37N5O8/c36-26(20-40-16-15-30(42)31(43)21-40)32(44)37-27(17-22-7-3-1-4-8-22)33(45)38-28(18-23-9-5-2-6-10-23)34(46)39-29(35(47)48)19-24-11-13-25(41)14-12-24/h1-16,21,26-29,41,43H,17-20,36H2,(H,37,44)(H,38,45)(H,39,46)(H,47,48)/t26-,27-,28-,29-/m0/s1. The van der Waals surface area contributed by atoms with Crippen molar-refractivity contribution in [2.75, 3.05) is 0 Å². The highest BCUT2D eigenvalue weighted by Gasteiger charge is 2.31. The Bertz CT molecular complexity index is 1760. The number of aromatic nitrogens is 1. The number of carboxylic acid groups (broad SMARTS) is 1. The average molecular weight is 656 g/mol. The lowest BCUT2D eigenvalue weighted by Gasteiger charge is -2.26. The van der Waals surface area contributed by atoms with E-state index in [2.05, 4.69) is 16.0 Å². The van der Waals surface area contributed by atoms with Crippen LogP contribution in [0.5, 0.6) is 11.5 Å². The van der Waals surface area contributed by atoms with Crippen molar-refractivity contribution in [3.8, 4) is 11.5 Å². The number of rotatable bonds is 15. The molecule has 0 aliphatic carbocycles. The summed E-state index contributed by atoms with van der Waals surface area (Å²) in [5.41, 5.74) is 7.50. The van der Waals surface area contributed by atoms with Crippen LogP contribution in [0.1, 0.15) is 16.7 Å². The van der Waals surface area contributed by atoms with Gasteiger partial charge in [-0.15, -0.1) is 0 Å². The number of aromatic hydroxyl groups is 2. The van der Waals surface area contributed by atoms with E-state index in [1.54, 1.807) is 72.8 Å². The number of phenols is 1. The van der Waals surface area contributed by atoms with E-state index in [4.69, 9.17) is 5.73 Å². The van der Waals surface area contributed by atoms with E-state index in [1.165, 1.54) is 22.9 Å². The molecule has 48 heavy (non-hydrogen) atoms. The first kappa shape index (κ1) is 34.9. The molecule has 0 saturated heterocycles. The van der Waals surface area contributed by atoms with Crippen LogP contribution in [0, 0.1) is 0 Å². The Morgan fingerprint density at radius 1 is 0.646 bits per heavy atom. The number of hydrogen-bond donors (Lipinski definition) is 7. The minimum absolute atomic E-state index is 0.00867. The third kappa shape index (κ3) is 10.3. The maximum absolute atomic E-state index is 13.8. The van der Waals surface area contributed by atoms with Crippen LogP contribution >= 0.6 is 0 Å². The van der Waals surface area contributed by atoms with Crippen LogP contribution in [0.4, 0.5) is 0 Å². The first-order chi connectivity index (χ1) is 23.0. The monoisotopic (exact) mass is 655 g/mol. The topological polar surface area (TPSA) is 213 Å². The fraction of sp³-hybridized carbons (Fsp3) is 0.229. The smallest absolute Gasteiger partial charge is 0.326 e. The Balaban J connectivity index is 1.54. The molecule has 4 atom stereocenters. The number of phenolic OH excluding ortho intramolecular Hbond substituents is 1. The van der Waals surface area contributed by atoms with Crippen LogP contribution < -0.4 is 27.1 Å². The Hall–Kier alpha value is -5.95. The number of carbonyl (C=O) groups is 4. The quantitative estimate of drug-likeness (QED) is 0.0966. The summed E-state index contributed by atoms with van der Waals surface area (Å²) in [4.78, 5) is 64.3. The van der Waals surface area contributed by atoms with Gasteiger partial charge in [0.1, 0.15) is 29.9 Å². The Morgan fingerprint density at radius 2 is 1.10 bits per heavy atom. The van der Waals surface area contributed by atoms with Crippen molar-refractivity contribution >= 4 is 23.7 Å². The molecule has 8 N–H and O–H groups in total. The molecule has 0 radical (unpaired) electrons. The number of carbonyl (C=O) groups excluding carboxylic acids is 3. The third-order valence-corrected chi connectivity index (χ3v) is 7.52. The number of amides is 3. The second-order valence-corrected chi connectivity index (χ2v) is 11.3. The van der Waals surface area contributed by atoms with Gasteiger partial charge < -0.3 is 41.6 Å². The second-order valence-electron chi connectivity index (χ2n) is 11.3. The lowest BCUT2D eigenvalue weighted by molar-refractivity contribution is -0.142. The van der Waals surface area contributed by atoms with E-state index in [9.17, 15) is 39.3 Å². The molecule has 4 aromatic rings. The second kappa shape index (κ2) is 16.6. The van der Waals surface area contributed by atoms with E-state index in [1.807, 2.05) is 0 Å². The number of carboxylic acids is 1. The van der Waals surface area contributed by atoms with Gasteiger partial charge in [0.15, 0.2) is 5.75 Å². The molecule has 0 fully saturated rings. The van der Waals surface area contributed by atoms with E-state index >= 15 is 0 Å². The molecule has 0 aliphatic heterocycles. The summed E-state index contributed by atoms with van der Waals surface area (Å²) in [5.74, 6) is -3.95. The first-order valence-electron chi connectivity index (χ1n) is 15.1. The maximum atomic E-state index is 13.8. The highest BCUT2D eigenvalue weighted by atomic mass is 16.4. The van der Waals surface area contributed by atoms with Crippen molar-refractivity contribution in [3.05, 3.63) is 130 Å². The molecule has 1 aromatic heterocycles. The van der Waals surface area contributed by atoms with Crippen LogP contribution in [0.25, 0.3) is 0 Å². The van der Waals surface area contributed by atoms with Crippen LogP contribution in [0.2, 0.25) is 0 Å². The SMILES string of the molecule is N[C@@H](Cn1ccc(=O)c(O)c1)C(=O)N[C@@H](Cc1ccccc1)C(=O)N[C@@H](Cc1ccccc1)C(=O)N[C@@H](Cc1ccc(O)cc1)C(=O)O. The fourth-order valence-electron chi connectivity index (χ4n) is 4.95. The van der Waals surface area contributed by atoms with Gasteiger partial charge in [0.25, 0.3) is 0 Å². The Morgan fingerprint density at radius 3 is 1.60 bits per heavy atom. The molecule has 13 heteroatoms. The molecule has 3 aromatic carbocycles. The number of aliphatic carboxylic acids is 1. The molecular formula is C35H37N5O8. The van der Waals surface area contributed by atoms with E-state index in [-0.39, 0.29) is 31.6 Å². The number of nitrogens with zero attached hydrogens (tertiary/aromatic N) is 1. The van der Waals surface area contributed by atoms with Crippen molar-refractivity contribution in [2.45, 2.75) is 50.0 Å². The van der Waals surface area contributed by atoms with Crippen LogP contribution in [-0.4, -0.2) is 67.7 Å². The largest absolute Gasteiger partial charge is 0.508 e. The summed E-state index contributed by atoms with van der Waals surface area (Å²) >= 11 is 0. The molecule has 0 saturated carbocycles. The van der Waals surface area contributed by atoms with Crippen LogP contribution in [0.15, 0.2) is 108 Å². The van der Waals surface area contributed by atoms with E-state index in [0.717, 1.165) is 12.3 Å². The summed E-state index contributed by atoms with van der Waals surface area (Å²) in [5, 5.41) is 37.1. The van der Waals surface area contributed by atoms with Crippen molar-refractivity contribution < 1.29 is 34.5 Å².